The van der Waals surface area contributed by atoms with Crippen LogP contribution in [0.2, 0.25) is 0 Å². The van der Waals surface area contributed by atoms with Crippen LogP contribution in [0.4, 0.5) is 10.6 Å². The number of amides is 8. The first-order valence-electron chi connectivity index (χ1n) is 32.1. The minimum atomic E-state index is -4.67. The number of aromatic amines is 1. The quantitative estimate of drug-likeness (QED) is 0.0146. The number of rotatable bonds is 39. The van der Waals surface area contributed by atoms with Gasteiger partial charge >= 0.3 is 16.5 Å². The monoisotopic (exact) mass is 1540 g/mol. The summed E-state index contributed by atoms with van der Waals surface area (Å²) in [6, 6.07) is -7.87. The van der Waals surface area contributed by atoms with Gasteiger partial charge in [-0.05, 0) is 59.7 Å². The molecule has 2 saturated heterocycles. The number of hydrogen-bond donors (Lipinski definition) is 24. The van der Waals surface area contributed by atoms with E-state index < -0.39 is 193 Å². The molecular formula is C57H91N19O25S3. The van der Waals surface area contributed by atoms with Crippen molar-refractivity contribution in [2.75, 3.05) is 58.2 Å². The van der Waals surface area contributed by atoms with Gasteiger partial charge in [-0.2, -0.15) is 8.42 Å². The standard InChI is InChI=1S/C57H89N19O21S2.H2O4S/c1-22-35(73-48(76-46(22)61)27(14-33(60)80)68-15-26(59)47(62)86)52(90)75-37(43(28-16-65-21-69-28)95-56-45(41(84)39(82)31(17-77)94-56)96-55-42(85)44(97-57(63)92)40(83)32(18-78)93-55)53(91)70-24(3)38(81)23(2)49(87)74-36(25(4)79)51(89)67-13-8-34-71-30(20-98-34)54-72-29(19-99-54)50(88)66-12-7-11-64-10-6-5-9-58;1-5(2,3)4/h16,19-21,23-27,31-32,36-45,55-56,64,68,77-79,81-85H,5-15,17-18,58-59H2,1-4H3,(H2,60,80)(H2,62,86)(H2,63,92)(H,65,69)(H,66,88)(H,67,89)(H,70,91)(H,74,87)(H,75,90)(H2,61,73,76);(H2,1,2,3,4). The predicted octanol–water partition coefficient (Wildman–Crippen LogP) is -8.91. The molecule has 19 atom stereocenters. The Morgan fingerprint density at radius 3 is 2.03 bits per heavy atom. The highest BCUT2D eigenvalue weighted by Crippen LogP contribution is 2.35. The van der Waals surface area contributed by atoms with E-state index in [1.165, 1.54) is 50.4 Å². The van der Waals surface area contributed by atoms with Crippen LogP contribution in [-0.2, 0) is 64.5 Å². The number of imidazole rings is 1. The van der Waals surface area contributed by atoms with E-state index >= 15 is 4.79 Å². The molecule has 6 rings (SSSR count). The fourth-order valence-electron chi connectivity index (χ4n) is 10.2. The van der Waals surface area contributed by atoms with Crippen LogP contribution in [0, 0.1) is 12.8 Å². The summed E-state index contributed by atoms with van der Waals surface area (Å²) >= 11 is 2.50. The third-order valence-electron chi connectivity index (χ3n) is 15.9. The molecule has 47 heteroatoms. The number of aliphatic hydroxyl groups is 8. The van der Waals surface area contributed by atoms with Crippen molar-refractivity contribution >= 4 is 86.3 Å². The van der Waals surface area contributed by atoms with Gasteiger partial charge in [0.2, 0.25) is 29.5 Å². The number of anilines is 1. The SMILES string of the molecule is Cc1c(N)nc(C(CC(N)=O)NCC(N)C(N)=O)nc1C(=O)NC(C(=O)NC(C)C(O)C(C)C(=O)NC(C(=O)NCCc1nc(-c2nc(C(=O)NCCCNCCCCN)cs2)cs1)C(C)O)C(OC1OC(CO)C(O)C(O)C1OC1OC(CO)C(O)C(OC(N)=O)C1O)c1cnc[nH]1.O=S(=O)(O)O. The molecule has 6 heterocycles. The normalized spacial score (nSPS) is 23.0. The molecule has 44 nitrogen and oxygen atoms in total. The maximum Gasteiger partial charge on any atom is 0.404 e. The van der Waals surface area contributed by atoms with Crippen molar-refractivity contribution in [1.29, 1.82) is 0 Å². The first-order chi connectivity index (χ1) is 49.0. The number of primary amides is 3. The highest BCUT2D eigenvalue weighted by molar-refractivity contribution is 7.79. The van der Waals surface area contributed by atoms with Gasteiger partial charge in [0.25, 0.3) is 11.8 Å². The van der Waals surface area contributed by atoms with Crippen LogP contribution in [-0.4, -0.2) is 286 Å². The fourth-order valence-corrected chi connectivity index (χ4v) is 11.8. The van der Waals surface area contributed by atoms with E-state index in [0.717, 1.165) is 44.9 Å². The summed E-state index contributed by atoms with van der Waals surface area (Å²) in [6.07, 6.45) is -22.5. The maximum absolute atomic E-state index is 15.2. The van der Waals surface area contributed by atoms with Crippen LogP contribution < -0.4 is 71.6 Å². The summed E-state index contributed by atoms with van der Waals surface area (Å²) in [6.45, 7) is 5.29. The van der Waals surface area contributed by atoms with Gasteiger partial charge in [0.15, 0.2) is 18.7 Å². The first kappa shape index (κ1) is 86.8. The van der Waals surface area contributed by atoms with Crippen LogP contribution in [0.5, 0.6) is 0 Å². The van der Waals surface area contributed by atoms with Gasteiger partial charge in [0, 0.05) is 48.8 Å². The number of unbranched alkanes of at least 4 members (excludes halogenated alkanes) is 1. The molecule has 4 aromatic heterocycles. The summed E-state index contributed by atoms with van der Waals surface area (Å²) < 4.78 is 60.3. The molecule has 2 aliphatic heterocycles. The third-order valence-corrected chi connectivity index (χ3v) is 17.7. The van der Waals surface area contributed by atoms with Crippen molar-refractivity contribution in [3.05, 3.63) is 56.8 Å². The van der Waals surface area contributed by atoms with Gasteiger partial charge in [-0.15, -0.1) is 22.7 Å². The summed E-state index contributed by atoms with van der Waals surface area (Å²) in [7, 11) is -4.67. The lowest BCUT2D eigenvalue weighted by Gasteiger charge is -2.47. The van der Waals surface area contributed by atoms with Gasteiger partial charge < -0.3 is 141 Å². The molecule has 0 aromatic carbocycles. The maximum atomic E-state index is 15.2. The number of thiazole rings is 2. The van der Waals surface area contributed by atoms with Gasteiger partial charge in [-0.1, -0.05) is 6.92 Å². The number of ether oxygens (including phenoxy) is 5. The zero-order chi connectivity index (χ0) is 77.4. The molecule has 2 aliphatic rings. The number of nitrogens with zero attached hydrogens (tertiary/aromatic N) is 5. The van der Waals surface area contributed by atoms with Crippen LogP contribution in [0.25, 0.3) is 10.7 Å². The zero-order valence-corrected chi connectivity index (χ0v) is 58.9. The molecule has 0 spiro atoms. The average molecular weight is 1540 g/mol. The minimum Gasteiger partial charge on any atom is -0.441 e. The Labute approximate surface area is 601 Å². The summed E-state index contributed by atoms with van der Waals surface area (Å²) in [5.74, 6) is -8.74. The Balaban J connectivity index is 0.00000375. The summed E-state index contributed by atoms with van der Waals surface area (Å²) in [5.41, 5.74) is 33.6. The van der Waals surface area contributed by atoms with Crippen LogP contribution in [0.3, 0.4) is 0 Å². The van der Waals surface area contributed by atoms with Crippen molar-refractivity contribution < 1.29 is 120 Å². The van der Waals surface area contributed by atoms with Crippen molar-refractivity contribution in [2.24, 2.45) is 34.6 Å². The Morgan fingerprint density at radius 1 is 0.750 bits per heavy atom. The molecule has 0 aliphatic carbocycles. The first-order valence-corrected chi connectivity index (χ1v) is 35.2. The Morgan fingerprint density at radius 2 is 1.41 bits per heavy atom. The van der Waals surface area contributed by atoms with Crippen LogP contribution in [0.15, 0.2) is 23.3 Å². The van der Waals surface area contributed by atoms with Gasteiger partial charge in [0.05, 0.1) is 72.7 Å². The summed E-state index contributed by atoms with van der Waals surface area (Å²) in [5, 5.41) is 111. The number of nitrogen functional groups attached to an aromatic ring is 1. The van der Waals surface area contributed by atoms with E-state index in [1.807, 2.05) is 0 Å². The van der Waals surface area contributed by atoms with E-state index in [2.05, 4.69) is 67.1 Å². The lowest BCUT2D eigenvalue weighted by Crippen LogP contribution is -2.65. The number of aromatic nitrogens is 6. The second kappa shape index (κ2) is 41.2. The van der Waals surface area contributed by atoms with Crippen LogP contribution in [0.1, 0.15) is 102 Å². The number of carbonyl (C=O) groups excluding carboxylic acids is 8. The highest BCUT2D eigenvalue weighted by Gasteiger charge is 2.54. The zero-order valence-electron chi connectivity index (χ0n) is 56.5. The molecule has 19 unspecified atom stereocenters. The number of hydrogen-bond acceptors (Lipinski definition) is 35. The molecule has 582 valence electrons. The molecular weight excluding hydrogens is 1450 g/mol. The molecule has 0 radical (unpaired) electrons. The fraction of sp³-hybridized carbons (Fsp3) is 0.632. The predicted molar refractivity (Wildman–Crippen MR) is 360 cm³/mol. The van der Waals surface area contributed by atoms with Crippen molar-refractivity contribution in [2.45, 2.75) is 170 Å². The third kappa shape index (κ3) is 25.7. The summed E-state index contributed by atoms with van der Waals surface area (Å²) in [4.78, 5) is 131. The lowest BCUT2D eigenvalue weighted by molar-refractivity contribution is -0.372. The molecule has 0 bridgehead atoms. The minimum absolute atomic E-state index is 0.0140. The number of nitrogens with one attached hydrogen (secondary N) is 8. The Bertz CT molecular complexity index is 3580. The highest BCUT2D eigenvalue weighted by atomic mass is 32.3. The van der Waals surface area contributed by atoms with E-state index in [0.29, 0.717) is 28.8 Å². The van der Waals surface area contributed by atoms with E-state index in [1.54, 1.807) is 10.8 Å². The van der Waals surface area contributed by atoms with Gasteiger partial charge in [-0.25, -0.2) is 29.7 Å². The number of H-pyrrole nitrogens is 1. The Hall–Kier alpha value is -7.86. The second-order valence-corrected chi connectivity index (χ2v) is 26.5. The Kier molecular flexibility index (Phi) is 34.3. The van der Waals surface area contributed by atoms with E-state index in [4.69, 9.17) is 75.6 Å². The molecule has 30 N–H and O–H groups in total. The van der Waals surface area contributed by atoms with Gasteiger partial charge in [-0.3, -0.25) is 42.7 Å². The molecule has 2 fully saturated rings. The van der Waals surface area contributed by atoms with E-state index in [-0.39, 0.29) is 54.0 Å². The van der Waals surface area contributed by atoms with Crippen molar-refractivity contribution in [3.63, 3.8) is 0 Å². The second-order valence-electron chi connectivity index (χ2n) is 23.8. The van der Waals surface area contributed by atoms with Crippen molar-refractivity contribution in [3.8, 4) is 10.7 Å². The topological polar surface area (TPSA) is 740 Å². The molecule has 0 saturated carbocycles. The number of aliphatic hydroxyl groups excluding tert-OH is 8. The molecule has 104 heavy (non-hydrogen) atoms. The lowest BCUT2D eigenvalue weighted by atomic mass is 9.96. The van der Waals surface area contributed by atoms with Crippen LogP contribution >= 0.6 is 22.7 Å². The average Bonchev–Trinajstić information content (AvgIpc) is 0.882. The molecule has 8 amide bonds. The van der Waals surface area contributed by atoms with E-state index in [9.17, 15) is 74.4 Å². The smallest absolute Gasteiger partial charge is 0.404 e. The molecule has 4 aromatic rings. The largest absolute Gasteiger partial charge is 0.441 e. The van der Waals surface area contributed by atoms with Gasteiger partial charge in [0.1, 0.15) is 94.6 Å². The number of nitrogens with two attached hydrogens (primary N) is 6. The number of carbonyl (C=O) groups is 8. The van der Waals surface area contributed by atoms with Crippen molar-refractivity contribution in [1.82, 2.24) is 67.1 Å².